The van der Waals surface area contributed by atoms with Gasteiger partial charge in [-0.05, 0) is 30.9 Å². The molecule has 1 aromatic carbocycles. The van der Waals surface area contributed by atoms with Crippen molar-refractivity contribution < 1.29 is 22.4 Å². The van der Waals surface area contributed by atoms with Crippen LogP contribution in [0.2, 0.25) is 0 Å². The fourth-order valence-corrected chi connectivity index (χ4v) is 3.86. The molecule has 2 atom stereocenters. The molecule has 23 heavy (non-hydrogen) atoms. The van der Waals surface area contributed by atoms with E-state index in [-0.39, 0.29) is 0 Å². The van der Waals surface area contributed by atoms with Crippen molar-refractivity contribution in [2.24, 2.45) is 0 Å². The summed E-state index contributed by atoms with van der Waals surface area (Å²) in [7, 11) is -3.05. The van der Waals surface area contributed by atoms with E-state index >= 15 is 0 Å². The average Bonchev–Trinajstić information content (AvgIpc) is 2.85. The maximum Gasteiger partial charge on any atom is 0.337 e. The summed E-state index contributed by atoms with van der Waals surface area (Å²) in [6.07, 6.45) is 3.16. The Balaban J connectivity index is 1.98. The molecule has 3 rings (SSSR count). The maximum absolute atomic E-state index is 11.6. The van der Waals surface area contributed by atoms with Crippen LogP contribution in [0.4, 0.5) is 0 Å². The number of ether oxygens (including phenoxy) is 2. The minimum atomic E-state index is -4.37. The largest absolute Gasteiger partial charge is 0.338 e. The maximum atomic E-state index is 11.6. The van der Waals surface area contributed by atoms with Gasteiger partial charge in [0.2, 0.25) is 0 Å². The smallest absolute Gasteiger partial charge is 0.337 e. The third-order valence-electron chi connectivity index (χ3n) is 4.77. The van der Waals surface area contributed by atoms with Crippen LogP contribution in [0.5, 0.6) is 0 Å². The molecule has 1 spiro atoms. The van der Waals surface area contributed by atoms with Crippen LogP contribution in [0.3, 0.4) is 0 Å². The first kappa shape index (κ1) is 16.9. The van der Waals surface area contributed by atoms with Gasteiger partial charge in [-0.25, -0.2) is 0 Å². The summed E-state index contributed by atoms with van der Waals surface area (Å²) in [5.74, 6) is -0.755. The molecule has 0 amide bonds. The van der Waals surface area contributed by atoms with Gasteiger partial charge in [0, 0.05) is 19.9 Å². The van der Waals surface area contributed by atoms with Gasteiger partial charge in [0.05, 0.1) is 0 Å². The minimum Gasteiger partial charge on any atom is -0.338 e. The van der Waals surface area contributed by atoms with E-state index in [0.29, 0.717) is 0 Å². The van der Waals surface area contributed by atoms with Gasteiger partial charge in [-0.1, -0.05) is 30.7 Å². The molecule has 128 valence electrons. The average molecular weight is 341 g/mol. The molecule has 0 bridgehead atoms. The lowest BCUT2D eigenvalue weighted by atomic mass is 9.94. The summed E-state index contributed by atoms with van der Waals surface area (Å²) in [6.45, 7) is 1.95. The minimum absolute atomic E-state index is 0.554. The Kier molecular flexibility index (Phi) is 4.50. The van der Waals surface area contributed by atoms with E-state index in [1.54, 1.807) is 0 Å². The number of nitrogens with zero attached hydrogens (tertiary/aromatic N) is 1. The zero-order valence-corrected chi connectivity index (χ0v) is 14.3. The molecule has 1 heterocycles. The first-order chi connectivity index (χ1) is 10.8. The fraction of sp³-hybridized carbons (Fsp3) is 0.625. The van der Waals surface area contributed by atoms with Crippen LogP contribution in [-0.4, -0.2) is 36.3 Å². The third-order valence-corrected chi connectivity index (χ3v) is 5.70. The molecule has 2 fully saturated rings. The van der Waals surface area contributed by atoms with Crippen molar-refractivity contribution in [3.63, 3.8) is 0 Å². The third kappa shape index (κ3) is 3.29. The molecule has 1 aliphatic carbocycles. The van der Waals surface area contributed by atoms with Crippen LogP contribution < -0.4 is 0 Å². The van der Waals surface area contributed by atoms with Gasteiger partial charge in [0.15, 0.2) is 12.0 Å². The van der Waals surface area contributed by atoms with E-state index in [2.05, 4.69) is 0 Å². The Hall–Kier alpha value is -0.990. The highest BCUT2D eigenvalue weighted by Crippen LogP contribution is 2.47. The van der Waals surface area contributed by atoms with E-state index in [4.69, 9.17) is 9.47 Å². The Morgan fingerprint density at radius 3 is 2.43 bits per heavy atom. The zero-order valence-electron chi connectivity index (χ0n) is 13.4. The second-order valence-electron chi connectivity index (χ2n) is 6.37. The van der Waals surface area contributed by atoms with Crippen molar-refractivity contribution in [1.29, 1.82) is 0 Å². The molecule has 1 N–H and O–H groups in total. The van der Waals surface area contributed by atoms with Crippen LogP contribution in [0.15, 0.2) is 24.3 Å². The second-order valence-corrected chi connectivity index (χ2v) is 7.84. The normalized spacial score (nSPS) is 27.7. The van der Waals surface area contributed by atoms with E-state index in [9.17, 15) is 13.0 Å². The number of hydrogen-bond acceptors (Lipinski definition) is 4. The predicted molar refractivity (Wildman–Crippen MR) is 85.0 cm³/mol. The highest BCUT2D eigenvalue weighted by molar-refractivity contribution is 7.83. The van der Waals surface area contributed by atoms with E-state index in [1.165, 1.54) is 7.05 Å². The van der Waals surface area contributed by atoms with E-state index in [0.717, 1.165) is 47.5 Å². The summed E-state index contributed by atoms with van der Waals surface area (Å²) < 4.78 is 45.8. The monoisotopic (exact) mass is 341 g/mol. The van der Waals surface area contributed by atoms with E-state index in [1.807, 2.05) is 31.2 Å². The van der Waals surface area contributed by atoms with Gasteiger partial charge >= 0.3 is 10.3 Å². The standard InChI is InChI=1S/C16H23NO5S/c1-12-8-4-5-9-13(12)14-15(17(2)23(18,19)20)22-16(21-14)10-6-3-7-11-16/h4-5,8-9,14-15H,3,6-7,10-11H2,1-2H3,(H,18,19,20). The predicted octanol–water partition coefficient (Wildman–Crippen LogP) is 2.80. The van der Waals surface area contributed by atoms with Gasteiger partial charge in [0.25, 0.3) is 0 Å². The fourth-order valence-electron chi connectivity index (χ4n) is 3.44. The summed E-state index contributed by atoms with van der Waals surface area (Å²) in [5, 5.41) is 0. The molecule has 0 radical (unpaired) electrons. The Morgan fingerprint density at radius 2 is 1.83 bits per heavy atom. The first-order valence-corrected chi connectivity index (χ1v) is 9.34. The van der Waals surface area contributed by atoms with Crippen molar-refractivity contribution in [1.82, 2.24) is 4.31 Å². The van der Waals surface area contributed by atoms with Crippen molar-refractivity contribution >= 4 is 10.3 Å². The molecule has 1 aliphatic heterocycles. The van der Waals surface area contributed by atoms with Crippen LogP contribution in [0.1, 0.15) is 49.3 Å². The zero-order chi connectivity index (χ0) is 16.7. The van der Waals surface area contributed by atoms with Gasteiger partial charge in [-0.2, -0.15) is 12.7 Å². The molecule has 1 saturated heterocycles. The van der Waals surface area contributed by atoms with Gasteiger partial charge in [0.1, 0.15) is 6.10 Å². The second kappa shape index (κ2) is 6.14. The number of rotatable bonds is 3. The van der Waals surface area contributed by atoms with Crippen molar-refractivity contribution in [2.45, 2.75) is 57.1 Å². The van der Waals surface area contributed by atoms with Crippen molar-refractivity contribution in [2.75, 3.05) is 7.05 Å². The SMILES string of the molecule is Cc1ccccc1C1OC2(CCCCC2)OC1N(C)S(=O)(=O)O. The summed E-state index contributed by atoms with van der Waals surface area (Å²) in [5.41, 5.74) is 1.89. The van der Waals surface area contributed by atoms with Gasteiger partial charge < -0.3 is 9.47 Å². The van der Waals surface area contributed by atoms with Gasteiger partial charge in [-0.3, -0.25) is 4.55 Å². The first-order valence-electron chi connectivity index (χ1n) is 7.94. The van der Waals surface area contributed by atoms with Gasteiger partial charge in [-0.15, -0.1) is 0 Å². The molecule has 2 unspecified atom stereocenters. The number of hydrogen-bond donors (Lipinski definition) is 1. The molecule has 1 saturated carbocycles. The highest BCUT2D eigenvalue weighted by atomic mass is 32.2. The topological polar surface area (TPSA) is 76.1 Å². The van der Waals surface area contributed by atoms with Crippen LogP contribution >= 0.6 is 0 Å². The highest BCUT2D eigenvalue weighted by Gasteiger charge is 2.52. The summed E-state index contributed by atoms with van der Waals surface area (Å²) in [4.78, 5) is 0. The Morgan fingerprint density at radius 1 is 1.17 bits per heavy atom. The number of aryl methyl sites for hydroxylation is 1. The quantitative estimate of drug-likeness (QED) is 0.856. The molecular weight excluding hydrogens is 318 g/mol. The molecule has 7 heteroatoms. The summed E-state index contributed by atoms with van der Waals surface area (Å²) in [6, 6.07) is 7.68. The Labute approximate surface area is 137 Å². The molecule has 1 aromatic rings. The lowest BCUT2D eigenvalue weighted by Crippen LogP contribution is -2.41. The lowest BCUT2D eigenvalue weighted by Gasteiger charge is -2.32. The Bertz CT molecular complexity index is 669. The molecule has 6 nitrogen and oxygen atoms in total. The van der Waals surface area contributed by atoms with Crippen LogP contribution in [0, 0.1) is 6.92 Å². The van der Waals surface area contributed by atoms with Crippen LogP contribution in [0.25, 0.3) is 0 Å². The summed E-state index contributed by atoms with van der Waals surface area (Å²) >= 11 is 0. The molecule has 2 aliphatic rings. The molecule has 0 aromatic heterocycles. The van der Waals surface area contributed by atoms with E-state index < -0.39 is 28.4 Å². The lowest BCUT2D eigenvalue weighted by molar-refractivity contribution is -0.200. The van der Waals surface area contributed by atoms with Crippen molar-refractivity contribution in [3.05, 3.63) is 35.4 Å². The van der Waals surface area contributed by atoms with Crippen LogP contribution in [-0.2, 0) is 19.8 Å². The number of likely N-dealkylation sites (N-methyl/N-ethyl adjacent to an activating group) is 1. The number of benzene rings is 1. The molecular formula is C16H23NO5S. The van der Waals surface area contributed by atoms with Crippen molar-refractivity contribution in [3.8, 4) is 0 Å².